The van der Waals surface area contributed by atoms with Gasteiger partial charge in [-0.15, -0.1) is 0 Å². The lowest BCUT2D eigenvalue weighted by molar-refractivity contribution is -0.148. The predicted octanol–water partition coefficient (Wildman–Crippen LogP) is 1.79. The third-order valence-electron chi connectivity index (χ3n) is 5.17. The van der Waals surface area contributed by atoms with Crippen molar-refractivity contribution in [2.45, 2.75) is 57.5 Å². The Morgan fingerprint density at radius 3 is 2.58 bits per heavy atom. The van der Waals surface area contributed by atoms with Crippen LogP contribution in [0.2, 0.25) is 0 Å². The van der Waals surface area contributed by atoms with Gasteiger partial charge in [-0.1, -0.05) is 26.2 Å². The summed E-state index contributed by atoms with van der Waals surface area (Å²) in [4.78, 5) is 14.4. The van der Waals surface area contributed by atoms with Crippen LogP contribution in [0.4, 0.5) is 0 Å². The molecule has 1 N–H and O–H groups in total. The van der Waals surface area contributed by atoms with E-state index in [1.165, 1.54) is 39.2 Å². The van der Waals surface area contributed by atoms with E-state index in [4.69, 9.17) is 4.74 Å². The molecule has 1 saturated carbocycles. The van der Waals surface area contributed by atoms with E-state index < -0.39 is 0 Å². The normalized spacial score (nSPS) is 26.9. The zero-order valence-electron chi connectivity index (χ0n) is 12.6. The van der Waals surface area contributed by atoms with Crippen molar-refractivity contribution in [3.8, 4) is 0 Å². The van der Waals surface area contributed by atoms with Crippen LogP contribution in [-0.4, -0.2) is 49.2 Å². The molecule has 1 spiro atoms. The van der Waals surface area contributed by atoms with Gasteiger partial charge in [-0.05, 0) is 19.8 Å². The van der Waals surface area contributed by atoms with Crippen molar-refractivity contribution < 1.29 is 9.53 Å². The summed E-state index contributed by atoms with van der Waals surface area (Å²) in [7, 11) is 1.49. The average Bonchev–Trinajstić information content (AvgIpc) is 2.46. The number of methoxy groups -OCH3 is 1. The van der Waals surface area contributed by atoms with Crippen LogP contribution in [0, 0.1) is 5.92 Å². The average molecular weight is 268 g/mol. The van der Waals surface area contributed by atoms with Crippen LogP contribution < -0.4 is 5.32 Å². The van der Waals surface area contributed by atoms with Crippen LogP contribution in [0.3, 0.4) is 0 Å². The SMILES string of the molecule is COC(=O)C(C)C(C)N1CCNCC12CCCCC2. The highest BCUT2D eigenvalue weighted by molar-refractivity contribution is 5.72. The van der Waals surface area contributed by atoms with Crippen LogP contribution in [0.25, 0.3) is 0 Å². The Morgan fingerprint density at radius 2 is 1.95 bits per heavy atom. The summed E-state index contributed by atoms with van der Waals surface area (Å²) in [5, 5.41) is 3.55. The maximum absolute atomic E-state index is 11.8. The summed E-state index contributed by atoms with van der Waals surface area (Å²) < 4.78 is 4.92. The Bertz CT molecular complexity index is 305. The summed E-state index contributed by atoms with van der Waals surface area (Å²) >= 11 is 0. The van der Waals surface area contributed by atoms with E-state index in [9.17, 15) is 4.79 Å². The summed E-state index contributed by atoms with van der Waals surface area (Å²) in [5.74, 6) is -0.140. The van der Waals surface area contributed by atoms with Gasteiger partial charge in [-0.3, -0.25) is 9.69 Å². The van der Waals surface area contributed by atoms with Crippen LogP contribution in [0.15, 0.2) is 0 Å². The number of nitrogens with zero attached hydrogens (tertiary/aromatic N) is 1. The van der Waals surface area contributed by atoms with Gasteiger partial charge < -0.3 is 10.1 Å². The molecule has 1 aliphatic carbocycles. The van der Waals surface area contributed by atoms with Crippen molar-refractivity contribution in [1.29, 1.82) is 0 Å². The lowest BCUT2D eigenvalue weighted by atomic mass is 9.77. The minimum absolute atomic E-state index is 0.0538. The summed E-state index contributed by atoms with van der Waals surface area (Å²) in [5.41, 5.74) is 0.276. The van der Waals surface area contributed by atoms with Crippen molar-refractivity contribution in [3.63, 3.8) is 0 Å². The van der Waals surface area contributed by atoms with E-state index in [1.807, 2.05) is 6.92 Å². The van der Waals surface area contributed by atoms with E-state index >= 15 is 0 Å². The number of carbonyl (C=O) groups excluding carboxylic acids is 1. The molecule has 4 nitrogen and oxygen atoms in total. The van der Waals surface area contributed by atoms with Gasteiger partial charge in [-0.2, -0.15) is 0 Å². The second kappa shape index (κ2) is 6.23. The van der Waals surface area contributed by atoms with Crippen LogP contribution >= 0.6 is 0 Å². The standard InChI is InChI=1S/C15H28N2O2/c1-12(14(18)19-3)13(2)17-10-9-16-11-15(17)7-5-4-6-8-15/h12-13,16H,4-11H2,1-3H3. The van der Waals surface area contributed by atoms with E-state index in [2.05, 4.69) is 17.1 Å². The van der Waals surface area contributed by atoms with Crippen molar-refractivity contribution in [2.24, 2.45) is 5.92 Å². The number of carbonyl (C=O) groups is 1. The molecule has 2 fully saturated rings. The molecule has 1 heterocycles. The molecule has 0 radical (unpaired) electrons. The molecule has 0 aromatic rings. The first-order chi connectivity index (χ1) is 9.10. The second-order valence-electron chi connectivity index (χ2n) is 6.21. The third kappa shape index (κ3) is 2.95. The van der Waals surface area contributed by atoms with Gasteiger partial charge in [0.1, 0.15) is 0 Å². The molecule has 2 atom stereocenters. The molecule has 0 amide bonds. The number of hydrogen-bond donors (Lipinski definition) is 1. The van der Waals surface area contributed by atoms with Gasteiger partial charge in [-0.25, -0.2) is 0 Å². The molecule has 0 bridgehead atoms. The minimum Gasteiger partial charge on any atom is -0.469 e. The zero-order valence-corrected chi connectivity index (χ0v) is 12.6. The summed E-state index contributed by atoms with van der Waals surface area (Å²) in [6.45, 7) is 7.33. The number of hydrogen-bond acceptors (Lipinski definition) is 4. The van der Waals surface area contributed by atoms with Gasteiger partial charge in [0, 0.05) is 31.2 Å². The number of ether oxygens (including phenoxy) is 1. The van der Waals surface area contributed by atoms with E-state index in [1.54, 1.807) is 0 Å². The summed E-state index contributed by atoms with van der Waals surface area (Å²) in [6.07, 6.45) is 6.52. The number of nitrogens with one attached hydrogen (secondary N) is 1. The fraction of sp³-hybridized carbons (Fsp3) is 0.933. The molecule has 19 heavy (non-hydrogen) atoms. The Morgan fingerprint density at radius 1 is 1.26 bits per heavy atom. The second-order valence-corrected chi connectivity index (χ2v) is 6.21. The lowest BCUT2D eigenvalue weighted by Crippen LogP contribution is -2.65. The molecular formula is C15H28N2O2. The van der Waals surface area contributed by atoms with Crippen LogP contribution in [-0.2, 0) is 9.53 Å². The lowest BCUT2D eigenvalue weighted by Gasteiger charge is -2.53. The Balaban J connectivity index is 2.12. The molecule has 4 heteroatoms. The molecule has 0 aromatic heterocycles. The molecule has 1 aliphatic heterocycles. The highest BCUT2D eigenvalue weighted by atomic mass is 16.5. The van der Waals surface area contributed by atoms with Crippen molar-refractivity contribution in [1.82, 2.24) is 10.2 Å². The third-order valence-corrected chi connectivity index (χ3v) is 5.17. The van der Waals surface area contributed by atoms with Gasteiger partial charge >= 0.3 is 5.97 Å². The first kappa shape index (κ1) is 14.8. The van der Waals surface area contributed by atoms with Crippen LogP contribution in [0.1, 0.15) is 46.0 Å². The van der Waals surface area contributed by atoms with Crippen molar-refractivity contribution in [3.05, 3.63) is 0 Å². The largest absolute Gasteiger partial charge is 0.469 e. The highest BCUT2D eigenvalue weighted by Crippen LogP contribution is 2.37. The highest BCUT2D eigenvalue weighted by Gasteiger charge is 2.43. The maximum Gasteiger partial charge on any atom is 0.309 e. The minimum atomic E-state index is -0.0861. The van der Waals surface area contributed by atoms with E-state index in [-0.39, 0.29) is 23.5 Å². The monoisotopic (exact) mass is 268 g/mol. The Hall–Kier alpha value is -0.610. The smallest absolute Gasteiger partial charge is 0.309 e. The quantitative estimate of drug-likeness (QED) is 0.792. The number of piperazine rings is 1. The molecule has 2 aliphatic rings. The van der Waals surface area contributed by atoms with Gasteiger partial charge in [0.15, 0.2) is 0 Å². The molecule has 1 saturated heterocycles. The molecule has 0 aromatic carbocycles. The number of esters is 1. The van der Waals surface area contributed by atoms with E-state index in [0.717, 1.165) is 19.6 Å². The molecular weight excluding hydrogens is 240 g/mol. The molecule has 110 valence electrons. The van der Waals surface area contributed by atoms with E-state index in [0.29, 0.717) is 0 Å². The van der Waals surface area contributed by atoms with Crippen LogP contribution in [0.5, 0.6) is 0 Å². The number of rotatable bonds is 3. The van der Waals surface area contributed by atoms with Crippen molar-refractivity contribution in [2.75, 3.05) is 26.7 Å². The van der Waals surface area contributed by atoms with Gasteiger partial charge in [0.05, 0.1) is 13.0 Å². The molecule has 2 rings (SSSR count). The first-order valence-electron chi connectivity index (χ1n) is 7.66. The zero-order chi connectivity index (χ0) is 13.9. The Kier molecular flexibility index (Phi) is 4.85. The fourth-order valence-electron chi connectivity index (χ4n) is 3.82. The van der Waals surface area contributed by atoms with Gasteiger partial charge in [0.2, 0.25) is 0 Å². The maximum atomic E-state index is 11.8. The summed E-state index contributed by atoms with van der Waals surface area (Å²) in [6, 6.07) is 0.257. The topological polar surface area (TPSA) is 41.6 Å². The first-order valence-corrected chi connectivity index (χ1v) is 7.66. The molecule has 2 unspecified atom stereocenters. The van der Waals surface area contributed by atoms with Gasteiger partial charge in [0.25, 0.3) is 0 Å². The predicted molar refractivity (Wildman–Crippen MR) is 76.0 cm³/mol. The van der Waals surface area contributed by atoms with Crippen molar-refractivity contribution >= 4 is 5.97 Å². The fourth-order valence-corrected chi connectivity index (χ4v) is 3.82. The Labute approximate surface area is 116 Å².